The van der Waals surface area contributed by atoms with E-state index in [9.17, 15) is 4.79 Å². The molecule has 0 atom stereocenters. The van der Waals surface area contributed by atoms with Gasteiger partial charge in [0.1, 0.15) is 29.4 Å². The second-order valence-corrected chi connectivity index (χ2v) is 7.58. The molecule has 0 saturated carbocycles. The van der Waals surface area contributed by atoms with Crippen LogP contribution in [-0.4, -0.2) is 0 Å². The third-order valence-corrected chi connectivity index (χ3v) is 5.35. The van der Waals surface area contributed by atoms with Gasteiger partial charge in [0.2, 0.25) is 11.2 Å². The zero-order valence-corrected chi connectivity index (χ0v) is 17.7. The number of aryl methyl sites for hydroxylation is 2. The summed E-state index contributed by atoms with van der Waals surface area (Å²) in [5.74, 6) is 1.79. The van der Waals surface area contributed by atoms with Crippen LogP contribution < -0.4 is 14.9 Å². The van der Waals surface area contributed by atoms with Crippen molar-refractivity contribution in [1.29, 1.82) is 0 Å². The number of fused-ring (bicyclic) bond motifs is 1. The van der Waals surface area contributed by atoms with E-state index in [-0.39, 0.29) is 11.2 Å². The molecule has 0 spiro atoms. The molecule has 146 valence electrons. The molecule has 29 heavy (non-hydrogen) atoms. The van der Waals surface area contributed by atoms with E-state index in [1.165, 1.54) is 5.56 Å². The molecule has 4 rings (SSSR count). The molecule has 0 unspecified atom stereocenters. The van der Waals surface area contributed by atoms with Gasteiger partial charge in [-0.15, -0.1) is 0 Å². The quantitative estimate of drug-likeness (QED) is 0.346. The van der Waals surface area contributed by atoms with Crippen molar-refractivity contribution in [3.05, 3.63) is 98.3 Å². The molecule has 0 bridgehead atoms. The summed E-state index contributed by atoms with van der Waals surface area (Å²) >= 11 is 3.43. The topological polar surface area (TPSA) is 48.7 Å². The summed E-state index contributed by atoms with van der Waals surface area (Å²) in [6.45, 7) is 4.21. The van der Waals surface area contributed by atoms with Gasteiger partial charge in [-0.05, 0) is 65.2 Å². The summed E-state index contributed by atoms with van der Waals surface area (Å²) in [7, 11) is 0. The number of rotatable bonds is 5. The molecule has 5 heteroatoms. The van der Waals surface area contributed by atoms with Gasteiger partial charge in [0.05, 0.1) is 9.86 Å². The Morgan fingerprint density at radius 1 is 0.966 bits per heavy atom. The van der Waals surface area contributed by atoms with Crippen LogP contribution in [0.25, 0.3) is 11.0 Å². The fraction of sp³-hybridized carbons (Fsp3) is 0.125. The molecule has 1 aromatic heterocycles. The van der Waals surface area contributed by atoms with Crippen molar-refractivity contribution in [3.8, 4) is 17.2 Å². The molecule has 0 saturated heterocycles. The van der Waals surface area contributed by atoms with E-state index in [0.29, 0.717) is 34.8 Å². The maximum atomic E-state index is 13.0. The molecule has 0 N–H and O–H groups in total. The normalized spacial score (nSPS) is 10.9. The highest BCUT2D eigenvalue weighted by Crippen LogP contribution is 2.31. The lowest BCUT2D eigenvalue weighted by atomic mass is 10.1. The van der Waals surface area contributed by atoms with E-state index >= 15 is 0 Å². The van der Waals surface area contributed by atoms with Crippen LogP contribution in [0.2, 0.25) is 0 Å². The second kappa shape index (κ2) is 8.13. The zero-order valence-electron chi connectivity index (χ0n) is 16.1. The minimum Gasteiger partial charge on any atom is -0.489 e. The number of halogens is 1. The predicted octanol–water partition coefficient (Wildman–Crippen LogP) is 6.54. The monoisotopic (exact) mass is 450 g/mol. The molecule has 0 amide bonds. The third-order valence-electron chi connectivity index (χ3n) is 4.69. The molecule has 1 heterocycles. The largest absolute Gasteiger partial charge is 0.489 e. The van der Waals surface area contributed by atoms with Crippen LogP contribution in [0.3, 0.4) is 0 Å². The Morgan fingerprint density at radius 2 is 1.72 bits per heavy atom. The van der Waals surface area contributed by atoms with Crippen LogP contribution in [-0.2, 0) is 6.61 Å². The summed E-state index contributed by atoms with van der Waals surface area (Å²) in [6, 6.07) is 20.7. The van der Waals surface area contributed by atoms with Crippen molar-refractivity contribution < 1.29 is 13.9 Å². The van der Waals surface area contributed by atoms with E-state index in [2.05, 4.69) is 15.9 Å². The Labute approximate surface area is 176 Å². The Hall–Kier alpha value is -3.05. The van der Waals surface area contributed by atoms with Crippen LogP contribution in [0.1, 0.15) is 16.9 Å². The SMILES string of the molecule is Cc1ccccc1COc1ccc2c(=O)c(Oc3ccccc3Br)c(C)oc2c1. The molecule has 0 aliphatic heterocycles. The highest BCUT2D eigenvalue weighted by atomic mass is 79.9. The van der Waals surface area contributed by atoms with Crippen LogP contribution in [0.5, 0.6) is 17.2 Å². The second-order valence-electron chi connectivity index (χ2n) is 6.72. The Balaban J connectivity index is 1.64. The van der Waals surface area contributed by atoms with Crippen molar-refractivity contribution in [1.82, 2.24) is 0 Å². The summed E-state index contributed by atoms with van der Waals surface area (Å²) in [4.78, 5) is 13.0. The molecule has 0 aliphatic rings. The summed E-state index contributed by atoms with van der Waals surface area (Å²) < 4.78 is 18.4. The third kappa shape index (κ3) is 4.05. The van der Waals surface area contributed by atoms with Crippen molar-refractivity contribution >= 4 is 26.9 Å². The zero-order chi connectivity index (χ0) is 20.4. The van der Waals surface area contributed by atoms with Gasteiger partial charge >= 0.3 is 0 Å². The standard InChI is InChI=1S/C24H19BrO4/c1-15-7-3-4-8-17(15)14-27-18-11-12-19-22(13-18)28-16(2)24(23(19)26)29-21-10-6-5-9-20(21)25/h3-13H,14H2,1-2H3. The van der Waals surface area contributed by atoms with Crippen molar-refractivity contribution in [2.24, 2.45) is 0 Å². The Morgan fingerprint density at radius 3 is 2.52 bits per heavy atom. The first-order chi connectivity index (χ1) is 14.0. The summed E-state index contributed by atoms with van der Waals surface area (Å²) in [6.07, 6.45) is 0. The van der Waals surface area contributed by atoms with Crippen LogP contribution in [0, 0.1) is 13.8 Å². The fourth-order valence-electron chi connectivity index (χ4n) is 3.05. The fourth-order valence-corrected chi connectivity index (χ4v) is 3.41. The van der Waals surface area contributed by atoms with E-state index in [4.69, 9.17) is 13.9 Å². The lowest BCUT2D eigenvalue weighted by Gasteiger charge is -2.11. The Bertz CT molecular complexity index is 1240. The summed E-state index contributed by atoms with van der Waals surface area (Å²) in [5.41, 5.74) is 2.53. The lowest BCUT2D eigenvalue weighted by molar-refractivity contribution is 0.305. The molecule has 0 aliphatic carbocycles. The number of para-hydroxylation sites is 1. The van der Waals surface area contributed by atoms with Crippen molar-refractivity contribution in [2.75, 3.05) is 0 Å². The average molecular weight is 451 g/mol. The molecular weight excluding hydrogens is 432 g/mol. The number of hydrogen-bond donors (Lipinski definition) is 0. The minimum atomic E-state index is -0.218. The molecule has 3 aromatic carbocycles. The van der Waals surface area contributed by atoms with Gasteiger partial charge in [0.15, 0.2) is 0 Å². The predicted molar refractivity (Wildman–Crippen MR) is 117 cm³/mol. The van der Waals surface area contributed by atoms with Gasteiger partial charge in [-0.3, -0.25) is 4.79 Å². The maximum Gasteiger partial charge on any atom is 0.235 e. The first kappa shape index (κ1) is 19.3. The molecule has 0 fully saturated rings. The molecule has 4 aromatic rings. The van der Waals surface area contributed by atoms with E-state index in [1.807, 2.05) is 49.4 Å². The van der Waals surface area contributed by atoms with E-state index in [0.717, 1.165) is 10.0 Å². The van der Waals surface area contributed by atoms with Gasteiger partial charge in [-0.25, -0.2) is 0 Å². The molecule has 0 radical (unpaired) electrons. The van der Waals surface area contributed by atoms with Crippen molar-refractivity contribution in [2.45, 2.75) is 20.5 Å². The van der Waals surface area contributed by atoms with Gasteiger partial charge in [-0.2, -0.15) is 0 Å². The average Bonchev–Trinajstić information content (AvgIpc) is 2.71. The molecule has 4 nitrogen and oxygen atoms in total. The number of ether oxygens (including phenoxy) is 2. The Kier molecular flexibility index (Phi) is 5.41. The van der Waals surface area contributed by atoms with E-state index in [1.54, 1.807) is 31.2 Å². The van der Waals surface area contributed by atoms with Gasteiger partial charge in [-0.1, -0.05) is 36.4 Å². The van der Waals surface area contributed by atoms with Crippen molar-refractivity contribution in [3.63, 3.8) is 0 Å². The van der Waals surface area contributed by atoms with Gasteiger partial charge in [0.25, 0.3) is 0 Å². The maximum absolute atomic E-state index is 13.0. The highest BCUT2D eigenvalue weighted by Gasteiger charge is 2.15. The van der Waals surface area contributed by atoms with Crippen LogP contribution in [0.4, 0.5) is 0 Å². The van der Waals surface area contributed by atoms with Crippen LogP contribution in [0.15, 0.2) is 80.4 Å². The smallest absolute Gasteiger partial charge is 0.235 e. The first-order valence-corrected chi connectivity index (χ1v) is 9.99. The lowest BCUT2D eigenvalue weighted by Crippen LogP contribution is -2.07. The summed E-state index contributed by atoms with van der Waals surface area (Å²) in [5, 5.41) is 0.445. The molecular formula is C24H19BrO4. The van der Waals surface area contributed by atoms with Crippen LogP contribution >= 0.6 is 15.9 Å². The first-order valence-electron chi connectivity index (χ1n) is 9.20. The van der Waals surface area contributed by atoms with Gasteiger partial charge in [0, 0.05) is 6.07 Å². The van der Waals surface area contributed by atoms with E-state index < -0.39 is 0 Å². The number of hydrogen-bond acceptors (Lipinski definition) is 4. The number of benzene rings is 3. The minimum absolute atomic E-state index is 0.179. The highest BCUT2D eigenvalue weighted by molar-refractivity contribution is 9.10. The van der Waals surface area contributed by atoms with Gasteiger partial charge < -0.3 is 13.9 Å².